The molecule has 0 fully saturated rings. The second kappa shape index (κ2) is 8.61. The first-order valence-electron chi connectivity index (χ1n) is 8.63. The number of rotatable bonds is 6. The number of ether oxygens (including phenoxy) is 1. The van der Waals surface area contributed by atoms with E-state index in [-0.39, 0.29) is 12.3 Å². The fourth-order valence-electron chi connectivity index (χ4n) is 2.62. The lowest BCUT2D eigenvalue weighted by molar-refractivity contribution is -0.137. The van der Waals surface area contributed by atoms with Crippen LogP contribution in [0.3, 0.4) is 0 Å². The highest BCUT2D eigenvalue weighted by Gasteiger charge is 2.29. The van der Waals surface area contributed by atoms with Crippen LogP contribution in [0.15, 0.2) is 78.9 Å². The van der Waals surface area contributed by atoms with E-state index < -0.39 is 11.7 Å². The van der Waals surface area contributed by atoms with E-state index in [0.29, 0.717) is 18.0 Å². The number of carbonyl (C=O) groups excluding carboxylic acids is 1. The number of nitrogens with one attached hydrogen (secondary N) is 1. The van der Waals surface area contributed by atoms with E-state index in [2.05, 4.69) is 5.32 Å². The van der Waals surface area contributed by atoms with Gasteiger partial charge in [-0.1, -0.05) is 42.5 Å². The molecule has 0 heterocycles. The summed E-state index contributed by atoms with van der Waals surface area (Å²) in [6.45, 7) is 0.419. The van der Waals surface area contributed by atoms with Crippen molar-refractivity contribution in [3.63, 3.8) is 0 Å². The van der Waals surface area contributed by atoms with Crippen molar-refractivity contribution >= 4 is 11.6 Å². The van der Waals surface area contributed by atoms with Crippen molar-refractivity contribution in [1.82, 2.24) is 0 Å². The normalized spacial score (nSPS) is 11.1. The molecule has 0 bridgehead atoms. The van der Waals surface area contributed by atoms with Crippen LogP contribution in [0, 0.1) is 0 Å². The average molecular weight is 385 g/mol. The van der Waals surface area contributed by atoms with Gasteiger partial charge < -0.3 is 10.1 Å². The van der Waals surface area contributed by atoms with Gasteiger partial charge in [-0.3, -0.25) is 4.79 Å². The molecule has 0 aliphatic heterocycles. The summed E-state index contributed by atoms with van der Waals surface area (Å²) in [5.41, 5.74) is 1.34. The van der Waals surface area contributed by atoms with E-state index >= 15 is 0 Å². The first-order valence-corrected chi connectivity index (χ1v) is 8.63. The van der Waals surface area contributed by atoms with Crippen molar-refractivity contribution in [3.05, 3.63) is 95.6 Å². The monoisotopic (exact) mass is 385 g/mol. The molecular weight excluding hydrogens is 367 g/mol. The van der Waals surface area contributed by atoms with Gasteiger partial charge in [-0.2, -0.15) is 13.2 Å². The SMILES string of the molecule is O=C(Cc1cccc(OCc2ccccc2)c1)Nc1ccc(C(F)(F)F)cc1. The summed E-state index contributed by atoms with van der Waals surface area (Å²) in [5, 5.41) is 2.60. The number of amides is 1. The maximum absolute atomic E-state index is 12.6. The molecule has 1 amide bonds. The summed E-state index contributed by atoms with van der Waals surface area (Å²) >= 11 is 0. The van der Waals surface area contributed by atoms with Crippen LogP contribution in [-0.2, 0) is 24.0 Å². The fourth-order valence-corrected chi connectivity index (χ4v) is 2.62. The molecule has 3 aromatic carbocycles. The van der Waals surface area contributed by atoms with Gasteiger partial charge in [0.2, 0.25) is 5.91 Å². The molecule has 0 aliphatic carbocycles. The third-order valence-corrected chi connectivity index (χ3v) is 4.01. The number of benzene rings is 3. The molecule has 0 saturated carbocycles. The van der Waals surface area contributed by atoms with Gasteiger partial charge in [0.1, 0.15) is 12.4 Å². The number of halogens is 3. The van der Waals surface area contributed by atoms with Gasteiger partial charge in [0.15, 0.2) is 0 Å². The third-order valence-electron chi connectivity index (χ3n) is 4.01. The minimum atomic E-state index is -4.40. The Morgan fingerprint density at radius 3 is 2.21 bits per heavy atom. The zero-order valence-electron chi connectivity index (χ0n) is 14.9. The standard InChI is InChI=1S/C22H18F3NO2/c23-22(24,25)18-9-11-19(12-10-18)26-21(27)14-17-7-4-8-20(13-17)28-15-16-5-2-1-3-6-16/h1-13H,14-15H2,(H,26,27). The quantitative estimate of drug-likeness (QED) is 0.611. The molecule has 0 unspecified atom stereocenters. The van der Waals surface area contributed by atoms with Gasteiger partial charge in [-0.25, -0.2) is 0 Å². The number of hydrogen-bond acceptors (Lipinski definition) is 2. The Morgan fingerprint density at radius 2 is 1.54 bits per heavy atom. The van der Waals surface area contributed by atoms with E-state index in [1.807, 2.05) is 30.3 Å². The zero-order chi connectivity index (χ0) is 20.0. The van der Waals surface area contributed by atoms with Crippen LogP contribution >= 0.6 is 0 Å². The van der Waals surface area contributed by atoms with Gasteiger partial charge in [0.25, 0.3) is 0 Å². The number of alkyl halides is 3. The molecular formula is C22H18F3NO2. The van der Waals surface area contributed by atoms with E-state index in [0.717, 1.165) is 23.3 Å². The Kier molecular flexibility index (Phi) is 5.99. The fraction of sp³-hybridized carbons (Fsp3) is 0.136. The van der Waals surface area contributed by atoms with Crippen molar-refractivity contribution in [2.45, 2.75) is 19.2 Å². The maximum Gasteiger partial charge on any atom is 0.416 e. The number of hydrogen-bond donors (Lipinski definition) is 1. The molecule has 1 N–H and O–H groups in total. The molecule has 0 aromatic heterocycles. The van der Waals surface area contributed by atoms with Crippen LogP contribution in [0.25, 0.3) is 0 Å². The summed E-state index contributed by atoms with van der Waals surface area (Å²) in [4.78, 5) is 12.2. The topological polar surface area (TPSA) is 38.3 Å². The predicted molar refractivity (Wildman–Crippen MR) is 101 cm³/mol. The summed E-state index contributed by atoms with van der Waals surface area (Å²) in [6.07, 6.45) is -4.31. The van der Waals surface area contributed by atoms with Crippen LogP contribution in [-0.4, -0.2) is 5.91 Å². The van der Waals surface area contributed by atoms with E-state index in [1.165, 1.54) is 12.1 Å². The van der Waals surface area contributed by atoms with Gasteiger partial charge in [0.05, 0.1) is 12.0 Å². The van der Waals surface area contributed by atoms with Crippen molar-refractivity contribution in [1.29, 1.82) is 0 Å². The predicted octanol–water partition coefficient (Wildman–Crippen LogP) is 5.47. The Hall–Kier alpha value is -3.28. The van der Waals surface area contributed by atoms with Crippen molar-refractivity contribution in [3.8, 4) is 5.75 Å². The third kappa shape index (κ3) is 5.61. The van der Waals surface area contributed by atoms with Gasteiger partial charge in [-0.15, -0.1) is 0 Å². The molecule has 28 heavy (non-hydrogen) atoms. The van der Waals surface area contributed by atoms with Crippen LogP contribution in [0.2, 0.25) is 0 Å². The maximum atomic E-state index is 12.6. The van der Waals surface area contributed by atoms with Crippen LogP contribution in [0.1, 0.15) is 16.7 Å². The smallest absolute Gasteiger partial charge is 0.416 e. The van der Waals surface area contributed by atoms with Crippen LogP contribution in [0.4, 0.5) is 18.9 Å². The summed E-state index contributed by atoms with van der Waals surface area (Å²) in [5.74, 6) is 0.323. The Labute approximate surface area is 160 Å². The number of carbonyl (C=O) groups is 1. The second-order valence-electron chi connectivity index (χ2n) is 6.22. The highest BCUT2D eigenvalue weighted by molar-refractivity contribution is 5.92. The molecule has 3 rings (SSSR count). The molecule has 0 aliphatic rings. The van der Waals surface area contributed by atoms with E-state index in [1.54, 1.807) is 24.3 Å². The molecule has 0 spiro atoms. The lowest BCUT2D eigenvalue weighted by Crippen LogP contribution is -2.14. The molecule has 6 heteroatoms. The van der Waals surface area contributed by atoms with Crippen LogP contribution in [0.5, 0.6) is 5.75 Å². The average Bonchev–Trinajstić information content (AvgIpc) is 2.67. The summed E-state index contributed by atoms with van der Waals surface area (Å²) < 4.78 is 43.5. The lowest BCUT2D eigenvalue weighted by atomic mass is 10.1. The van der Waals surface area contributed by atoms with Crippen LogP contribution < -0.4 is 10.1 Å². The number of anilines is 1. The second-order valence-corrected chi connectivity index (χ2v) is 6.22. The van der Waals surface area contributed by atoms with E-state index in [4.69, 9.17) is 4.74 Å². The van der Waals surface area contributed by atoms with Crippen molar-refractivity contribution in [2.24, 2.45) is 0 Å². The molecule has 3 nitrogen and oxygen atoms in total. The van der Waals surface area contributed by atoms with Gasteiger partial charge in [0, 0.05) is 5.69 Å². The molecule has 0 radical (unpaired) electrons. The molecule has 3 aromatic rings. The highest BCUT2D eigenvalue weighted by atomic mass is 19.4. The van der Waals surface area contributed by atoms with Gasteiger partial charge >= 0.3 is 6.18 Å². The summed E-state index contributed by atoms with van der Waals surface area (Å²) in [7, 11) is 0. The molecule has 0 atom stereocenters. The zero-order valence-corrected chi connectivity index (χ0v) is 14.9. The van der Waals surface area contributed by atoms with E-state index in [9.17, 15) is 18.0 Å². The Bertz CT molecular complexity index is 923. The van der Waals surface area contributed by atoms with Crippen molar-refractivity contribution in [2.75, 3.05) is 5.32 Å². The Balaban J connectivity index is 1.56. The van der Waals surface area contributed by atoms with Crippen molar-refractivity contribution < 1.29 is 22.7 Å². The highest BCUT2D eigenvalue weighted by Crippen LogP contribution is 2.29. The summed E-state index contributed by atoms with van der Waals surface area (Å²) in [6, 6.07) is 21.2. The Morgan fingerprint density at radius 1 is 0.857 bits per heavy atom. The lowest BCUT2D eigenvalue weighted by Gasteiger charge is -2.10. The molecule has 0 saturated heterocycles. The largest absolute Gasteiger partial charge is 0.489 e. The minimum absolute atomic E-state index is 0.0869. The first-order chi connectivity index (χ1) is 13.4. The molecule has 144 valence electrons. The first kappa shape index (κ1) is 19.5. The van der Waals surface area contributed by atoms with Gasteiger partial charge in [-0.05, 0) is 47.5 Å². The minimum Gasteiger partial charge on any atom is -0.489 e.